The molecule has 1 fully saturated rings. The van der Waals surface area contributed by atoms with Crippen LogP contribution in [0.25, 0.3) is 0 Å². The zero-order valence-electron chi connectivity index (χ0n) is 10.1. The van der Waals surface area contributed by atoms with Crippen molar-refractivity contribution < 1.29 is 13.5 Å². The maximum Gasteiger partial charge on any atom is 0.261 e. The lowest BCUT2D eigenvalue weighted by atomic mass is 9.95. The molecule has 1 unspecified atom stereocenters. The normalized spacial score (nSPS) is 19.5. The molecule has 2 nitrogen and oxygen atoms in total. The van der Waals surface area contributed by atoms with Gasteiger partial charge in [-0.1, -0.05) is 19.8 Å². The Balaban J connectivity index is 2.17. The second-order valence-corrected chi connectivity index (χ2v) is 4.46. The predicted molar refractivity (Wildman–Crippen MR) is 60.9 cm³/mol. The highest BCUT2D eigenvalue weighted by atomic mass is 19.3. The Hall–Kier alpha value is -0.220. The van der Waals surface area contributed by atoms with Crippen LogP contribution in [0.15, 0.2) is 0 Å². The van der Waals surface area contributed by atoms with Crippen molar-refractivity contribution in [3.05, 3.63) is 0 Å². The van der Waals surface area contributed by atoms with Crippen LogP contribution in [-0.4, -0.2) is 32.2 Å². The summed E-state index contributed by atoms with van der Waals surface area (Å²) in [6.07, 6.45) is 3.67. The van der Waals surface area contributed by atoms with Gasteiger partial charge in [-0.2, -0.15) is 0 Å². The molecular weight excluding hydrogens is 212 g/mol. The monoisotopic (exact) mass is 235 g/mol. The van der Waals surface area contributed by atoms with E-state index in [0.717, 1.165) is 18.9 Å². The van der Waals surface area contributed by atoms with Crippen molar-refractivity contribution in [2.24, 2.45) is 5.92 Å². The van der Waals surface area contributed by atoms with Crippen LogP contribution in [0.2, 0.25) is 0 Å². The predicted octanol–water partition coefficient (Wildman–Crippen LogP) is 2.83. The van der Waals surface area contributed by atoms with E-state index in [1.54, 1.807) is 0 Å². The van der Waals surface area contributed by atoms with E-state index >= 15 is 0 Å². The van der Waals surface area contributed by atoms with Crippen LogP contribution in [0.5, 0.6) is 0 Å². The summed E-state index contributed by atoms with van der Waals surface area (Å²) < 4.78 is 28.7. The highest BCUT2D eigenvalue weighted by Crippen LogP contribution is 2.28. The lowest BCUT2D eigenvalue weighted by molar-refractivity contribution is 0.0129. The molecule has 1 aliphatic rings. The average Bonchev–Trinajstić information content (AvgIpc) is 2.75. The lowest BCUT2D eigenvalue weighted by Gasteiger charge is -2.24. The van der Waals surface area contributed by atoms with Crippen LogP contribution in [0.3, 0.4) is 0 Å². The Morgan fingerprint density at radius 2 is 2.00 bits per heavy atom. The molecule has 0 heterocycles. The van der Waals surface area contributed by atoms with E-state index in [1.165, 1.54) is 25.7 Å². The Labute approximate surface area is 96.7 Å². The van der Waals surface area contributed by atoms with E-state index in [-0.39, 0.29) is 0 Å². The summed E-state index contributed by atoms with van der Waals surface area (Å²) in [4.78, 5) is 0. The molecular formula is C12H23F2NO. The number of rotatable bonds is 8. The van der Waals surface area contributed by atoms with Crippen LogP contribution in [0.1, 0.15) is 39.0 Å². The fourth-order valence-corrected chi connectivity index (χ4v) is 2.51. The summed E-state index contributed by atoms with van der Waals surface area (Å²) in [6, 6.07) is 0.449. The van der Waals surface area contributed by atoms with Gasteiger partial charge in [0.25, 0.3) is 6.43 Å². The van der Waals surface area contributed by atoms with E-state index < -0.39 is 13.0 Å². The zero-order valence-corrected chi connectivity index (χ0v) is 10.1. The van der Waals surface area contributed by atoms with Gasteiger partial charge in [0.1, 0.15) is 6.61 Å². The van der Waals surface area contributed by atoms with Crippen molar-refractivity contribution in [1.29, 1.82) is 0 Å². The first-order valence-corrected chi connectivity index (χ1v) is 6.33. The minimum absolute atomic E-state index is 0.427. The molecule has 96 valence electrons. The van der Waals surface area contributed by atoms with Crippen LogP contribution >= 0.6 is 0 Å². The molecule has 16 heavy (non-hydrogen) atoms. The van der Waals surface area contributed by atoms with Crippen molar-refractivity contribution in [3.8, 4) is 0 Å². The smallest absolute Gasteiger partial charge is 0.261 e. The van der Waals surface area contributed by atoms with Gasteiger partial charge in [-0.25, -0.2) is 8.78 Å². The van der Waals surface area contributed by atoms with E-state index in [2.05, 4.69) is 12.2 Å². The molecule has 0 radical (unpaired) electrons. The number of halogens is 2. The van der Waals surface area contributed by atoms with Gasteiger partial charge in [0.05, 0.1) is 0 Å². The fraction of sp³-hybridized carbons (Fsp3) is 1.00. The summed E-state index contributed by atoms with van der Waals surface area (Å²) in [5.74, 6) is 0.718. The Bertz CT molecular complexity index is 172. The summed E-state index contributed by atoms with van der Waals surface area (Å²) >= 11 is 0. The van der Waals surface area contributed by atoms with E-state index in [1.807, 2.05) is 0 Å². The number of nitrogens with one attached hydrogen (secondary N) is 1. The molecule has 1 aliphatic carbocycles. The Morgan fingerprint density at radius 1 is 1.31 bits per heavy atom. The highest BCUT2D eigenvalue weighted by molar-refractivity contribution is 4.80. The van der Waals surface area contributed by atoms with Crippen LogP contribution in [-0.2, 0) is 4.74 Å². The van der Waals surface area contributed by atoms with Crippen molar-refractivity contribution >= 4 is 0 Å². The summed E-state index contributed by atoms with van der Waals surface area (Å²) in [7, 11) is 0. The average molecular weight is 235 g/mol. The van der Waals surface area contributed by atoms with Gasteiger partial charge in [-0.15, -0.1) is 0 Å². The van der Waals surface area contributed by atoms with E-state index in [0.29, 0.717) is 12.6 Å². The first-order valence-electron chi connectivity index (χ1n) is 6.33. The third-order valence-electron chi connectivity index (χ3n) is 3.25. The second kappa shape index (κ2) is 7.96. The third kappa shape index (κ3) is 5.21. The number of alkyl halides is 2. The molecule has 0 bridgehead atoms. The van der Waals surface area contributed by atoms with E-state index in [9.17, 15) is 8.78 Å². The van der Waals surface area contributed by atoms with E-state index in [4.69, 9.17) is 4.74 Å². The summed E-state index contributed by atoms with van der Waals surface area (Å²) in [6.45, 7) is 3.04. The van der Waals surface area contributed by atoms with Gasteiger partial charge in [-0.05, 0) is 31.7 Å². The molecule has 0 amide bonds. The standard InChI is InChI=1S/C12H23F2NO/c1-2-15-11(10-5-3-4-6-10)7-8-16-9-12(13)14/h10-12,15H,2-9H2,1H3. The minimum Gasteiger partial charge on any atom is -0.375 e. The van der Waals surface area contributed by atoms with Gasteiger partial charge >= 0.3 is 0 Å². The largest absolute Gasteiger partial charge is 0.375 e. The van der Waals surface area contributed by atoms with Crippen molar-refractivity contribution in [2.75, 3.05) is 19.8 Å². The summed E-state index contributed by atoms with van der Waals surface area (Å²) in [5.41, 5.74) is 0. The fourth-order valence-electron chi connectivity index (χ4n) is 2.51. The van der Waals surface area contributed by atoms with Gasteiger partial charge in [0, 0.05) is 12.6 Å². The second-order valence-electron chi connectivity index (χ2n) is 4.46. The molecule has 0 saturated heterocycles. The van der Waals surface area contributed by atoms with Gasteiger partial charge in [0.15, 0.2) is 0 Å². The molecule has 1 rings (SSSR count). The number of ether oxygens (including phenoxy) is 1. The summed E-state index contributed by atoms with van der Waals surface area (Å²) in [5, 5.41) is 3.45. The molecule has 1 saturated carbocycles. The van der Waals surface area contributed by atoms with Gasteiger partial charge < -0.3 is 10.1 Å². The number of hydrogen-bond donors (Lipinski definition) is 1. The van der Waals surface area contributed by atoms with Crippen molar-refractivity contribution in [2.45, 2.75) is 51.5 Å². The lowest BCUT2D eigenvalue weighted by Crippen LogP contribution is -2.36. The van der Waals surface area contributed by atoms with Gasteiger partial charge in [0.2, 0.25) is 0 Å². The topological polar surface area (TPSA) is 21.3 Å². The third-order valence-corrected chi connectivity index (χ3v) is 3.25. The van der Waals surface area contributed by atoms with Crippen LogP contribution in [0, 0.1) is 5.92 Å². The highest BCUT2D eigenvalue weighted by Gasteiger charge is 2.23. The first-order chi connectivity index (χ1) is 7.74. The van der Waals surface area contributed by atoms with Crippen molar-refractivity contribution in [3.63, 3.8) is 0 Å². The van der Waals surface area contributed by atoms with Crippen molar-refractivity contribution in [1.82, 2.24) is 5.32 Å². The molecule has 4 heteroatoms. The maximum atomic E-state index is 11.9. The molecule has 1 atom stereocenters. The minimum atomic E-state index is -2.34. The molecule has 0 spiro atoms. The SMILES string of the molecule is CCNC(CCOCC(F)F)C1CCCC1. The molecule has 0 aromatic heterocycles. The zero-order chi connectivity index (χ0) is 11.8. The van der Waals surface area contributed by atoms with Gasteiger partial charge in [-0.3, -0.25) is 0 Å². The van der Waals surface area contributed by atoms with Crippen LogP contribution in [0.4, 0.5) is 8.78 Å². The molecule has 0 aromatic carbocycles. The number of hydrogen-bond acceptors (Lipinski definition) is 2. The Kier molecular flexibility index (Phi) is 6.88. The Morgan fingerprint density at radius 3 is 2.56 bits per heavy atom. The molecule has 0 aliphatic heterocycles. The molecule has 1 N–H and O–H groups in total. The molecule has 0 aromatic rings. The maximum absolute atomic E-state index is 11.9. The first kappa shape index (κ1) is 13.8. The quantitative estimate of drug-likeness (QED) is 0.653. The van der Waals surface area contributed by atoms with Crippen LogP contribution < -0.4 is 5.32 Å².